The molecule has 1 N–H and O–H groups in total. The molecule has 1 aliphatic heterocycles. The largest absolute Gasteiger partial charge is 0.301 e. The zero-order valence-electron chi connectivity index (χ0n) is 16.1. The van der Waals surface area contributed by atoms with Crippen LogP contribution in [-0.2, 0) is 16.0 Å². The number of thioether (sulfide) groups is 1. The molecule has 1 aromatic carbocycles. The Kier molecular flexibility index (Phi) is 7.91. The number of nitrogens with one attached hydrogen (secondary N) is 1. The SMILES string of the molecule is CCCCc1nnc(NC(=O)CCCN2C(=O)/C(=C/c3ccccc3)SC2=S)s1. The number of carbonyl (C=O) groups excluding carboxylic acids is 2. The van der Waals surface area contributed by atoms with Gasteiger partial charge < -0.3 is 5.32 Å². The molecule has 1 fully saturated rings. The van der Waals surface area contributed by atoms with E-state index in [0.717, 1.165) is 29.8 Å². The maximum Gasteiger partial charge on any atom is 0.266 e. The summed E-state index contributed by atoms with van der Waals surface area (Å²) in [4.78, 5) is 26.9. The first-order chi connectivity index (χ1) is 14.1. The van der Waals surface area contributed by atoms with Crippen LogP contribution in [0.4, 0.5) is 5.13 Å². The number of thiocarbonyl (C=S) groups is 1. The van der Waals surface area contributed by atoms with Crippen molar-refractivity contribution in [2.24, 2.45) is 0 Å². The lowest BCUT2D eigenvalue weighted by Crippen LogP contribution is -2.29. The monoisotopic (exact) mass is 446 g/mol. The molecule has 9 heteroatoms. The first-order valence-electron chi connectivity index (χ1n) is 9.49. The molecular formula is C20H22N4O2S3. The van der Waals surface area contributed by atoms with Crippen LogP contribution in [-0.4, -0.2) is 37.8 Å². The topological polar surface area (TPSA) is 75.2 Å². The molecule has 0 aliphatic carbocycles. The summed E-state index contributed by atoms with van der Waals surface area (Å²) in [5.74, 6) is -0.234. The van der Waals surface area contributed by atoms with E-state index < -0.39 is 0 Å². The van der Waals surface area contributed by atoms with Gasteiger partial charge in [-0.25, -0.2) is 0 Å². The Balaban J connectivity index is 1.46. The summed E-state index contributed by atoms with van der Waals surface area (Å²) in [5, 5.41) is 12.3. The van der Waals surface area contributed by atoms with Gasteiger partial charge in [-0.05, 0) is 24.5 Å². The summed E-state index contributed by atoms with van der Waals surface area (Å²) in [5.41, 5.74) is 0.961. The maximum absolute atomic E-state index is 12.6. The highest BCUT2D eigenvalue weighted by Gasteiger charge is 2.31. The van der Waals surface area contributed by atoms with Crippen LogP contribution in [0.3, 0.4) is 0 Å². The van der Waals surface area contributed by atoms with Crippen molar-refractivity contribution in [3.05, 3.63) is 45.8 Å². The van der Waals surface area contributed by atoms with Crippen LogP contribution < -0.4 is 5.32 Å². The summed E-state index contributed by atoms with van der Waals surface area (Å²) in [6, 6.07) is 9.67. The summed E-state index contributed by atoms with van der Waals surface area (Å²) in [6.45, 7) is 2.54. The fourth-order valence-electron chi connectivity index (χ4n) is 2.71. The molecule has 0 spiro atoms. The smallest absolute Gasteiger partial charge is 0.266 e. The van der Waals surface area contributed by atoms with E-state index in [-0.39, 0.29) is 11.8 Å². The highest BCUT2D eigenvalue weighted by molar-refractivity contribution is 8.26. The van der Waals surface area contributed by atoms with E-state index >= 15 is 0 Å². The number of benzene rings is 1. The van der Waals surface area contributed by atoms with E-state index in [4.69, 9.17) is 12.2 Å². The minimum absolute atomic E-state index is 0.103. The Morgan fingerprint density at radius 1 is 1.24 bits per heavy atom. The lowest BCUT2D eigenvalue weighted by molar-refractivity contribution is -0.122. The molecule has 0 unspecified atom stereocenters. The van der Waals surface area contributed by atoms with Crippen LogP contribution in [0.15, 0.2) is 35.2 Å². The standard InChI is InChI=1S/C20H22N4O2S3/c1-2-3-11-17-22-23-19(29-17)21-16(25)10-7-12-24-18(26)15(28-20(24)27)13-14-8-5-4-6-9-14/h4-6,8-9,13H,2-3,7,10-12H2,1H3,(H,21,23,25)/b15-13-. The number of anilines is 1. The number of aryl methyl sites for hydroxylation is 1. The Bertz CT molecular complexity index is 911. The molecule has 0 atom stereocenters. The van der Waals surface area contributed by atoms with Crippen molar-refractivity contribution >= 4 is 62.7 Å². The van der Waals surface area contributed by atoms with Gasteiger partial charge in [0.2, 0.25) is 11.0 Å². The molecule has 152 valence electrons. The summed E-state index contributed by atoms with van der Waals surface area (Å²) < 4.78 is 0.530. The van der Waals surface area contributed by atoms with Crippen LogP contribution in [0, 0.1) is 0 Å². The first-order valence-corrected chi connectivity index (χ1v) is 11.5. The normalized spacial score (nSPS) is 15.3. The third kappa shape index (κ3) is 6.19. The molecule has 6 nitrogen and oxygen atoms in total. The third-order valence-corrected chi connectivity index (χ3v) is 6.49. The Morgan fingerprint density at radius 2 is 2.03 bits per heavy atom. The third-order valence-electron chi connectivity index (χ3n) is 4.21. The Morgan fingerprint density at radius 3 is 2.79 bits per heavy atom. The predicted molar refractivity (Wildman–Crippen MR) is 123 cm³/mol. The summed E-state index contributed by atoms with van der Waals surface area (Å²) in [7, 11) is 0. The molecule has 0 radical (unpaired) electrons. The minimum atomic E-state index is -0.131. The number of aromatic nitrogens is 2. The van der Waals surface area contributed by atoms with Gasteiger partial charge in [-0.3, -0.25) is 14.5 Å². The van der Waals surface area contributed by atoms with Gasteiger partial charge in [-0.15, -0.1) is 10.2 Å². The van der Waals surface area contributed by atoms with E-state index in [2.05, 4.69) is 22.4 Å². The molecule has 2 heterocycles. The van der Waals surface area contributed by atoms with Crippen LogP contribution in [0.5, 0.6) is 0 Å². The Labute approximate surface area is 183 Å². The van der Waals surface area contributed by atoms with Crippen molar-refractivity contribution < 1.29 is 9.59 Å². The average molecular weight is 447 g/mol. The van der Waals surface area contributed by atoms with Crippen LogP contribution in [0.25, 0.3) is 6.08 Å². The van der Waals surface area contributed by atoms with Crippen molar-refractivity contribution in [3.63, 3.8) is 0 Å². The maximum atomic E-state index is 12.6. The quantitative estimate of drug-likeness (QED) is 0.451. The second kappa shape index (κ2) is 10.6. The van der Waals surface area contributed by atoms with Crippen LogP contribution in [0.2, 0.25) is 0 Å². The van der Waals surface area contributed by atoms with Crippen molar-refractivity contribution in [2.45, 2.75) is 39.0 Å². The lowest BCUT2D eigenvalue weighted by Gasteiger charge is -2.13. The number of hydrogen-bond donors (Lipinski definition) is 1. The molecule has 1 aliphatic rings. The van der Waals surface area contributed by atoms with Crippen molar-refractivity contribution in [3.8, 4) is 0 Å². The summed E-state index contributed by atoms with van der Waals surface area (Å²) >= 11 is 8.05. The van der Waals surface area contributed by atoms with Gasteiger partial charge in [0.25, 0.3) is 5.91 Å². The van der Waals surface area contributed by atoms with Gasteiger partial charge in [-0.2, -0.15) is 0 Å². The van der Waals surface area contributed by atoms with Crippen LogP contribution in [0.1, 0.15) is 43.2 Å². The zero-order chi connectivity index (χ0) is 20.6. The first kappa shape index (κ1) is 21.6. The van der Waals surface area contributed by atoms with Gasteiger partial charge in [0.05, 0.1) is 4.91 Å². The molecule has 1 saturated heterocycles. The molecule has 1 aromatic heterocycles. The van der Waals surface area contributed by atoms with Gasteiger partial charge in [0, 0.05) is 19.4 Å². The fraction of sp³-hybridized carbons (Fsp3) is 0.350. The number of amides is 2. The van der Waals surface area contributed by atoms with E-state index in [9.17, 15) is 9.59 Å². The average Bonchev–Trinajstić information content (AvgIpc) is 3.26. The molecule has 0 bridgehead atoms. The fourth-order valence-corrected chi connectivity index (χ4v) is 4.81. The van der Waals surface area contributed by atoms with Gasteiger partial charge >= 0.3 is 0 Å². The lowest BCUT2D eigenvalue weighted by atomic mass is 10.2. The number of carbonyl (C=O) groups is 2. The zero-order valence-corrected chi connectivity index (χ0v) is 18.5. The van der Waals surface area contributed by atoms with E-state index in [1.165, 1.54) is 23.1 Å². The van der Waals surface area contributed by atoms with Crippen molar-refractivity contribution in [1.82, 2.24) is 15.1 Å². The van der Waals surface area contributed by atoms with Crippen LogP contribution >= 0.6 is 35.3 Å². The highest BCUT2D eigenvalue weighted by atomic mass is 32.2. The minimum Gasteiger partial charge on any atom is -0.301 e. The molecule has 29 heavy (non-hydrogen) atoms. The number of nitrogens with zero attached hydrogens (tertiary/aromatic N) is 3. The van der Waals surface area contributed by atoms with E-state index in [1.807, 2.05) is 36.4 Å². The van der Waals surface area contributed by atoms with Crippen molar-refractivity contribution in [2.75, 3.05) is 11.9 Å². The number of hydrogen-bond acceptors (Lipinski definition) is 7. The molecule has 2 aromatic rings. The highest BCUT2D eigenvalue weighted by Crippen LogP contribution is 2.32. The second-order valence-electron chi connectivity index (χ2n) is 6.50. The Hall–Kier alpha value is -2.10. The molecule has 3 rings (SSSR count). The van der Waals surface area contributed by atoms with E-state index in [0.29, 0.717) is 33.7 Å². The van der Waals surface area contributed by atoms with Gasteiger partial charge in [0.15, 0.2) is 0 Å². The number of rotatable bonds is 9. The number of unbranched alkanes of at least 4 members (excludes halogenated alkanes) is 1. The predicted octanol–water partition coefficient (Wildman–Crippen LogP) is 4.50. The molecular weight excluding hydrogens is 424 g/mol. The molecule has 2 amide bonds. The van der Waals surface area contributed by atoms with E-state index in [1.54, 1.807) is 4.90 Å². The second-order valence-corrected chi connectivity index (χ2v) is 9.24. The van der Waals surface area contributed by atoms with Gasteiger partial charge in [-0.1, -0.05) is 79.0 Å². The molecule has 0 saturated carbocycles. The van der Waals surface area contributed by atoms with Gasteiger partial charge in [0.1, 0.15) is 9.33 Å². The summed E-state index contributed by atoms with van der Waals surface area (Å²) in [6.07, 6.45) is 5.70. The van der Waals surface area contributed by atoms with Crippen molar-refractivity contribution in [1.29, 1.82) is 0 Å².